The van der Waals surface area contributed by atoms with E-state index in [9.17, 15) is 5.26 Å². The number of fused-ring (bicyclic) bond motifs is 1. The van der Waals surface area contributed by atoms with Crippen LogP contribution in [0.2, 0.25) is 5.02 Å². The van der Waals surface area contributed by atoms with Gasteiger partial charge in [0.25, 0.3) is 0 Å². The Bertz CT molecular complexity index is 725. The van der Waals surface area contributed by atoms with E-state index in [0.717, 1.165) is 29.2 Å². The first-order chi connectivity index (χ1) is 10.8. The van der Waals surface area contributed by atoms with Crippen molar-refractivity contribution in [3.8, 4) is 17.6 Å². The van der Waals surface area contributed by atoms with Crippen LogP contribution in [0.4, 0.5) is 5.69 Å². The Labute approximate surface area is 134 Å². The molecule has 1 aliphatic heterocycles. The van der Waals surface area contributed by atoms with Gasteiger partial charge in [-0.05, 0) is 24.3 Å². The highest BCUT2D eigenvalue weighted by molar-refractivity contribution is 6.30. The monoisotopic (exact) mass is 314 g/mol. The van der Waals surface area contributed by atoms with E-state index in [4.69, 9.17) is 21.1 Å². The molecule has 112 valence electrons. The largest absolute Gasteiger partial charge is 0.490 e. The first kappa shape index (κ1) is 14.6. The summed E-state index contributed by atoms with van der Waals surface area (Å²) in [4.78, 5) is 0. The minimum absolute atomic E-state index is 0.520. The minimum Gasteiger partial charge on any atom is -0.490 e. The Hall–Kier alpha value is -2.38. The van der Waals surface area contributed by atoms with Gasteiger partial charge in [0, 0.05) is 23.6 Å². The normalized spacial score (nSPS) is 13.1. The lowest BCUT2D eigenvalue weighted by atomic mass is 10.1. The maximum atomic E-state index is 9.18. The molecule has 0 unspecified atom stereocenters. The van der Waals surface area contributed by atoms with Crippen molar-refractivity contribution in [1.82, 2.24) is 0 Å². The molecule has 0 fully saturated rings. The Balaban J connectivity index is 1.82. The molecule has 1 N–H and O–H groups in total. The van der Waals surface area contributed by atoms with E-state index in [1.165, 1.54) is 0 Å². The van der Waals surface area contributed by atoms with E-state index in [1.54, 1.807) is 18.2 Å². The van der Waals surface area contributed by atoms with Crippen molar-refractivity contribution < 1.29 is 9.47 Å². The molecule has 0 amide bonds. The summed E-state index contributed by atoms with van der Waals surface area (Å²) in [7, 11) is 0. The second-order valence-electron chi connectivity index (χ2n) is 4.95. The van der Waals surface area contributed by atoms with Crippen molar-refractivity contribution in [2.45, 2.75) is 13.0 Å². The summed E-state index contributed by atoms with van der Waals surface area (Å²) in [6, 6.07) is 13.2. The van der Waals surface area contributed by atoms with E-state index >= 15 is 0 Å². The molecule has 0 aliphatic carbocycles. The van der Waals surface area contributed by atoms with Crippen LogP contribution in [0.5, 0.6) is 11.5 Å². The molecule has 0 radical (unpaired) electrons. The molecule has 0 spiro atoms. The van der Waals surface area contributed by atoms with Crippen LogP contribution in [0.3, 0.4) is 0 Å². The Morgan fingerprint density at radius 2 is 2.05 bits per heavy atom. The minimum atomic E-state index is 0.520. The van der Waals surface area contributed by atoms with Crippen LogP contribution in [0.25, 0.3) is 0 Å². The van der Waals surface area contributed by atoms with Gasteiger partial charge in [0.15, 0.2) is 11.5 Å². The third-order valence-corrected chi connectivity index (χ3v) is 3.66. The van der Waals surface area contributed by atoms with Crippen molar-refractivity contribution in [3.63, 3.8) is 0 Å². The number of para-hydroxylation sites is 1. The van der Waals surface area contributed by atoms with Crippen LogP contribution < -0.4 is 14.8 Å². The molecular weight excluding hydrogens is 300 g/mol. The van der Waals surface area contributed by atoms with Gasteiger partial charge in [-0.2, -0.15) is 5.26 Å². The van der Waals surface area contributed by atoms with Crippen LogP contribution in [-0.4, -0.2) is 13.2 Å². The standard InChI is InChI=1S/C17H15ClN2O2/c18-14-5-6-15(13(9-14)10-19)20-11-12-3-1-4-16-17(12)22-8-2-7-21-16/h1,3-6,9,20H,2,7-8,11H2. The zero-order valence-corrected chi connectivity index (χ0v) is 12.7. The molecule has 0 saturated heterocycles. The van der Waals surface area contributed by atoms with E-state index < -0.39 is 0 Å². The molecule has 2 aromatic rings. The average Bonchev–Trinajstić information content (AvgIpc) is 2.79. The molecule has 5 heteroatoms. The van der Waals surface area contributed by atoms with Gasteiger partial charge >= 0.3 is 0 Å². The van der Waals surface area contributed by atoms with Crippen LogP contribution >= 0.6 is 11.6 Å². The van der Waals surface area contributed by atoms with Crippen molar-refractivity contribution in [1.29, 1.82) is 5.26 Å². The summed E-state index contributed by atoms with van der Waals surface area (Å²) in [6.07, 6.45) is 0.872. The SMILES string of the molecule is N#Cc1cc(Cl)ccc1NCc1cccc2c1OCCCO2. The van der Waals surface area contributed by atoms with Crippen LogP contribution in [-0.2, 0) is 6.54 Å². The highest BCUT2D eigenvalue weighted by Crippen LogP contribution is 2.33. The molecule has 2 aromatic carbocycles. The van der Waals surface area contributed by atoms with E-state index in [2.05, 4.69) is 11.4 Å². The molecule has 1 heterocycles. The number of benzene rings is 2. The number of nitriles is 1. The molecule has 0 atom stereocenters. The van der Waals surface area contributed by atoms with Crippen molar-refractivity contribution >= 4 is 17.3 Å². The second-order valence-corrected chi connectivity index (χ2v) is 5.39. The van der Waals surface area contributed by atoms with Crippen molar-refractivity contribution in [2.24, 2.45) is 0 Å². The molecule has 0 saturated carbocycles. The Kier molecular flexibility index (Phi) is 4.36. The summed E-state index contributed by atoms with van der Waals surface area (Å²) in [5, 5.41) is 13.0. The summed E-state index contributed by atoms with van der Waals surface area (Å²) in [5.74, 6) is 1.55. The summed E-state index contributed by atoms with van der Waals surface area (Å²) in [5.41, 5.74) is 2.27. The maximum absolute atomic E-state index is 9.18. The lowest BCUT2D eigenvalue weighted by Crippen LogP contribution is -2.04. The number of nitrogens with zero attached hydrogens (tertiary/aromatic N) is 1. The predicted molar refractivity (Wildman–Crippen MR) is 85.5 cm³/mol. The van der Waals surface area contributed by atoms with Crippen molar-refractivity contribution in [2.75, 3.05) is 18.5 Å². The lowest BCUT2D eigenvalue weighted by molar-refractivity contribution is 0.296. The molecule has 1 aliphatic rings. The smallest absolute Gasteiger partial charge is 0.166 e. The van der Waals surface area contributed by atoms with E-state index in [0.29, 0.717) is 30.3 Å². The fourth-order valence-electron chi connectivity index (χ4n) is 2.35. The van der Waals surface area contributed by atoms with Gasteiger partial charge in [-0.1, -0.05) is 23.7 Å². The van der Waals surface area contributed by atoms with Crippen LogP contribution in [0, 0.1) is 11.3 Å². The van der Waals surface area contributed by atoms with Gasteiger partial charge in [-0.15, -0.1) is 0 Å². The van der Waals surface area contributed by atoms with Gasteiger partial charge in [-0.25, -0.2) is 0 Å². The summed E-state index contributed by atoms with van der Waals surface area (Å²) >= 11 is 5.91. The number of halogens is 1. The number of hydrogen-bond acceptors (Lipinski definition) is 4. The van der Waals surface area contributed by atoms with Gasteiger partial charge in [-0.3, -0.25) is 0 Å². The molecule has 0 aromatic heterocycles. The lowest BCUT2D eigenvalue weighted by Gasteiger charge is -2.14. The van der Waals surface area contributed by atoms with Crippen molar-refractivity contribution in [3.05, 3.63) is 52.5 Å². The zero-order valence-electron chi connectivity index (χ0n) is 11.9. The van der Waals surface area contributed by atoms with Crippen LogP contribution in [0.15, 0.2) is 36.4 Å². The molecule has 3 rings (SSSR count). The fraction of sp³-hybridized carbons (Fsp3) is 0.235. The molecule has 4 nitrogen and oxygen atoms in total. The quantitative estimate of drug-likeness (QED) is 0.931. The Morgan fingerprint density at radius 1 is 1.18 bits per heavy atom. The summed E-state index contributed by atoms with van der Waals surface area (Å²) < 4.78 is 11.5. The first-order valence-corrected chi connectivity index (χ1v) is 7.47. The molecular formula is C17H15ClN2O2. The highest BCUT2D eigenvalue weighted by Gasteiger charge is 2.14. The fourth-order valence-corrected chi connectivity index (χ4v) is 2.52. The number of rotatable bonds is 3. The van der Waals surface area contributed by atoms with Gasteiger partial charge in [0.1, 0.15) is 6.07 Å². The van der Waals surface area contributed by atoms with E-state index in [-0.39, 0.29) is 0 Å². The second kappa shape index (κ2) is 6.59. The van der Waals surface area contributed by atoms with Gasteiger partial charge in [0.2, 0.25) is 0 Å². The number of nitrogens with one attached hydrogen (secondary N) is 1. The van der Waals surface area contributed by atoms with Gasteiger partial charge in [0.05, 0.1) is 24.5 Å². The number of hydrogen-bond donors (Lipinski definition) is 1. The zero-order chi connectivity index (χ0) is 15.4. The Morgan fingerprint density at radius 3 is 2.91 bits per heavy atom. The average molecular weight is 315 g/mol. The topological polar surface area (TPSA) is 54.3 Å². The molecule has 0 bridgehead atoms. The third kappa shape index (κ3) is 3.10. The highest BCUT2D eigenvalue weighted by atomic mass is 35.5. The third-order valence-electron chi connectivity index (χ3n) is 3.42. The predicted octanol–water partition coefficient (Wildman–Crippen LogP) is 3.99. The van der Waals surface area contributed by atoms with Gasteiger partial charge < -0.3 is 14.8 Å². The van der Waals surface area contributed by atoms with Crippen LogP contribution in [0.1, 0.15) is 17.5 Å². The van der Waals surface area contributed by atoms with E-state index in [1.807, 2.05) is 18.2 Å². The number of anilines is 1. The number of ether oxygens (including phenoxy) is 2. The molecule has 22 heavy (non-hydrogen) atoms. The summed E-state index contributed by atoms with van der Waals surface area (Å²) in [6.45, 7) is 1.86. The maximum Gasteiger partial charge on any atom is 0.166 e. The first-order valence-electron chi connectivity index (χ1n) is 7.09.